The maximum Gasteiger partial charge on any atom is 0.105 e. The highest BCUT2D eigenvalue weighted by molar-refractivity contribution is 14.1. The predicted molar refractivity (Wildman–Crippen MR) is 78.0 cm³/mol. The third kappa shape index (κ3) is 4.63. The van der Waals surface area contributed by atoms with Gasteiger partial charge in [-0.15, -0.1) is 0 Å². The lowest BCUT2D eigenvalue weighted by Crippen LogP contribution is -2.29. The number of ether oxygens (including phenoxy) is 1. The number of hydrogen-bond acceptors (Lipinski definition) is 4. The van der Waals surface area contributed by atoms with Gasteiger partial charge in [0.1, 0.15) is 6.23 Å². The van der Waals surface area contributed by atoms with Gasteiger partial charge in [0.25, 0.3) is 0 Å². The smallest absolute Gasteiger partial charge is 0.105 e. The van der Waals surface area contributed by atoms with Gasteiger partial charge >= 0.3 is 0 Å². The fraction of sp³-hybridized carbons (Fsp3) is 1.00. The molecule has 1 rings (SSSR count). The number of alkyl halides is 1. The van der Waals surface area contributed by atoms with Crippen molar-refractivity contribution >= 4 is 22.6 Å². The number of aliphatic hydroxyl groups excluding tert-OH is 1. The highest BCUT2D eigenvalue weighted by Crippen LogP contribution is 2.39. The third-order valence-electron chi connectivity index (χ3n) is 3.62. The Kier molecular flexibility index (Phi) is 7.25. The number of methoxy groups -OCH3 is 1. The van der Waals surface area contributed by atoms with Crippen molar-refractivity contribution < 1.29 is 9.84 Å². The molecule has 102 valence electrons. The molecule has 1 saturated carbocycles. The van der Waals surface area contributed by atoms with E-state index in [4.69, 9.17) is 10.5 Å². The molecule has 4 atom stereocenters. The van der Waals surface area contributed by atoms with Gasteiger partial charge in [0.2, 0.25) is 0 Å². The number of rotatable bonds is 9. The van der Waals surface area contributed by atoms with E-state index in [2.05, 4.69) is 34.4 Å². The fourth-order valence-corrected chi connectivity index (χ4v) is 3.17. The van der Waals surface area contributed by atoms with E-state index in [0.717, 1.165) is 36.8 Å². The van der Waals surface area contributed by atoms with Gasteiger partial charge in [-0.3, -0.25) is 4.90 Å². The first-order valence-corrected chi connectivity index (χ1v) is 7.94. The van der Waals surface area contributed by atoms with Crippen LogP contribution in [0.4, 0.5) is 0 Å². The standard InChI is InChI=1S/C12H25IN2O2/c1-3-9-11(12(9)16)15(8-13)7-5-4-6-10(14)17-2/h9-12,16H,3-8,14H2,1-2H3. The zero-order chi connectivity index (χ0) is 12.8. The Balaban J connectivity index is 2.16. The van der Waals surface area contributed by atoms with Crippen molar-refractivity contribution in [3.8, 4) is 0 Å². The molecule has 1 fully saturated rings. The molecule has 17 heavy (non-hydrogen) atoms. The van der Waals surface area contributed by atoms with Gasteiger partial charge in [-0.2, -0.15) is 0 Å². The maximum absolute atomic E-state index is 9.79. The Labute approximate surface area is 118 Å². The normalized spacial score (nSPS) is 29.6. The topological polar surface area (TPSA) is 58.7 Å². The summed E-state index contributed by atoms with van der Waals surface area (Å²) < 4.78 is 6.01. The second-order valence-electron chi connectivity index (χ2n) is 4.76. The van der Waals surface area contributed by atoms with Crippen LogP contribution in [0.2, 0.25) is 0 Å². The lowest BCUT2D eigenvalue weighted by Gasteiger charge is -2.20. The van der Waals surface area contributed by atoms with Crippen LogP contribution in [-0.2, 0) is 4.74 Å². The number of halogens is 1. The largest absolute Gasteiger partial charge is 0.391 e. The molecule has 0 aliphatic heterocycles. The molecule has 0 radical (unpaired) electrons. The monoisotopic (exact) mass is 356 g/mol. The zero-order valence-corrected chi connectivity index (χ0v) is 13.0. The molecule has 0 aromatic carbocycles. The van der Waals surface area contributed by atoms with Crippen LogP contribution in [-0.4, -0.2) is 46.6 Å². The predicted octanol–water partition coefficient (Wildman–Crippen LogP) is 1.55. The highest BCUT2D eigenvalue weighted by atomic mass is 127. The molecule has 3 N–H and O–H groups in total. The lowest BCUT2D eigenvalue weighted by molar-refractivity contribution is 0.0973. The number of nitrogens with two attached hydrogens (primary N) is 1. The quantitative estimate of drug-likeness (QED) is 0.216. The molecule has 0 aromatic rings. The molecule has 0 aromatic heterocycles. The maximum atomic E-state index is 9.79. The van der Waals surface area contributed by atoms with E-state index in [0.29, 0.717) is 12.0 Å². The third-order valence-corrected chi connectivity index (χ3v) is 4.50. The van der Waals surface area contributed by atoms with E-state index in [-0.39, 0.29) is 12.3 Å². The van der Waals surface area contributed by atoms with Crippen molar-refractivity contribution in [3.63, 3.8) is 0 Å². The SMILES string of the molecule is CCC1C(O)C1N(CI)CCCCC(N)OC. The van der Waals surface area contributed by atoms with Gasteiger partial charge in [0.15, 0.2) is 0 Å². The molecule has 1 aliphatic rings. The van der Waals surface area contributed by atoms with Crippen LogP contribution in [0.1, 0.15) is 32.6 Å². The van der Waals surface area contributed by atoms with Crippen LogP contribution in [0, 0.1) is 5.92 Å². The van der Waals surface area contributed by atoms with Crippen LogP contribution >= 0.6 is 22.6 Å². The van der Waals surface area contributed by atoms with Crippen LogP contribution in [0.3, 0.4) is 0 Å². The van der Waals surface area contributed by atoms with Crippen LogP contribution < -0.4 is 5.73 Å². The van der Waals surface area contributed by atoms with Gasteiger partial charge in [0, 0.05) is 19.1 Å². The van der Waals surface area contributed by atoms with E-state index in [1.54, 1.807) is 7.11 Å². The first kappa shape index (κ1) is 15.6. The number of hydrogen-bond donors (Lipinski definition) is 2. The molecular formula is C12H25IN2O2. The molecule has 0 spiro atoms. The Morgan fingerprint density at radius 2 is 2.18 bits per heavy atom. The summed E-state index contributed by atoms with van der Waals surface area (Å²) in [6.07, 6.45) is 3.97. The molecule has 5 heteroatoms. The lowest BCUT2D eigenvalue weighted by atomic mass is 10.2. The summed E-state index contributed by atoms with van der Waals surface area (Å²) in [6.45, 7) is 3.20. The van der Waals surface area contributed by atoms with Gasteiger partial charge < -0.3 is 15.6 Å². The average molecular weight is 356 g/mol. The van der Waals surface area contributed by atoms with E-state index in [9.17, 15) is 5.11 Å². The molecule has 4 unspecified atom stereocenters. The van der Waals surface area contributed by atoms with Crippen LogP contribution in [0.15, 0.2) is 0 Å². The first-order valence-electron chi connectivity index (χ1n) is 6.42. The molecule has 1 aliphatic carbocycles. The van der Waals surface area contributed by atoms with E-state index in [1.165, 1.54) is 0 Å². The van der Waals surface area contributed by atoms with Crippen molar-refractivity contribution in [1.29, 1.82) is 0 Å². The molecule has 0 saturated heterocycles. The average Bonchev–Trinajstić information content (AvgIpc) is 2.99. The van der Waals surface area contributed by atoms with E-state index < -0.39 is 0 Å². The Hall–Kier alpha value is 0.570. The summed E-state index contributed by atoms with van der Waals surface area (Å²) in [4.78, 5) is 2.39. The van der Waals surface area contributed by atoms with Gasteiger partial charge in [0.05, 0.1) is 10.7 Å². The summed E-state index contributed by atoms with van der Waals surface area (Å²) in [5.41, 5.74) is 5.68. The Morgan fingerprint density at radius 3 is 2.65 bits per heavy atom. The van der Waals surface area contributed by atoms with Crippen LogP contribution in [0.25, 0.3) is 0 Å². The molecule has 0 amide bonds. The number of unbranched alkanes of at least 4 members (excludes halogenated alkanes) is 1. The van der Waals surface area contributed by atoms with E-state index >= 15 is 0 Å². The first-order chi connectivity index (χ1) is 8.15. The minimum Gasteiger partial charge on any atom is -0.391 e. The second kappa shape index (κ2) is 7.89. The fourth-order valence-electron chi connectivity index (χ4n) is 2.37. The van der Waals surface area contributed by atoms with Crippen molar-refractivity contribution in [1.82, 2.24) is 4.90 Å². The number of nitrogens with zero attached hydrogens (tertiary/aromatic N) is 1. The zero-order valence-electron chi connectivity index (χ0n) is 10.8. The molecular weight excluding hydrogens is 331 g/mol. The van der Waals surface area contributed by atoms with Gasteiger partial charge in [-0.25, -0.2) is 0 Å². The number of aliphatic hydroxyl groups is 1. The summed E-state index contributed by atoms with van der Waals surface area (Å²) >= 11 is 2.38. The summed E-state index contributed by atoms with van der Waals surface area (Å²) in [7, 11) is 1.65. The molecule has 4 nitrogen and oxygen atoms in total. The van der Waals surface area contributed by atoms with Gasteiger partial charge in [-0.1, -0.05) is 29.5 Å². The van der Waals surface area contributed by atoms with Crippen molar-refractivity contribution in [2.45, 2.75) is 51.0 Å². The minimum atomic E-state index is -0.127. The summed E-state index contributed by atoms with van der Waals surface area (Å²) in [5.74, 6) is 0.492. The van der Waals surface area contributed by atoms with E-state index in [1.807, 2.05) is 0 Å². The van der Waals surface area contributed by atoms with Crippen LogP contribution in [0.5, 0.6) is 0 Å². The van der Waals surface area contributed by atoms with Crippen molar-refractivity contribution in [2.75, 3.05) is 18.2 Å². The molecule has 0 heterocycles. The van der Waals surface area contributed by atoms with Gasteiger partial charge in [-0.05, 0) is 32.2 Å². The Morgan fingerprint density at radius 1 is 1.47 bits per heavy atom. The summed E-state index contributed by atoms with van der Waals surface area (Å²) in [5, 5.41) is 9.79. The van der Waals surface area contributed by atoms with Crippen molar-refractivity contribution in [3.05, 3.63) is 0 Å². The van der Waals surface area contributed by atoms with Crippen molar-refractivity contribution in [2.24, 2.45) is 11.7 Å². The molecule has 0 bridgehead atoms. The summed E-state index contributed by atoms with van der Waals surface area (Å²) in [6, 6.07) is 0.396. The second-order valence-corrected chi connectivity index (χ2v) is 5.44. The Bertz CT molecular complexity index is 219. The highest BCUT2D eigenvalue weighted by Gasteiger charge is 2.50. The minimum absolute atomic E-state index is 0.101.